The molecule has 140 valence electrons. The molecule has 1 atom stereocenters. The number of aliphatic carboxylic acids is 1. The molecule has 1 aliphatic rings. The van der Waals surface area contributed by atoms with Crippen LogP contribution in [0.1, 0.15) is 23.5 Å². The van der Waals surface area contributed by atoms with Crippen LogP contribution < -0.4 is 5.73 Å². The van der Waals surface area contributed by atoms with E-state index in [0.717, 1.165) is 22.3 Å². The van der Waals surface area contributed by atoms with Crippen molar-refractivity contribution in [3.05, 3.63) is 59.7 Å². The molecule has 0 saturated carbocycles. The van der Waals surface area contributed by atoms with Crippen molar-refractivity contribution in [1.29, 1.82) is 0 Å². The predicted molar refractivity (Wildman–Crippen MR) is 93.9 cm³/mol. The van der Waals surface area contributed by atoms with Gasteiger partial charge in [-0.05, 0) is 22.3 Å². The molecule has 0 radical (unpaired) electrons. The molecular weight excluding hydrogens is 352 g/mol. The molecule has 1 aliphatic carbocycles. The fourth-order valence-corrected chi connectivity index (χ4v) is 3.26. The highest BCUT2D eigenvalue weighted by atomic mass is 16.6. The molecule has 0 fully saturated rings. The number of fused-ring (bicyclic) bond motifs is 3. The summed E-state index contributed by atoms with van der Waals surface area (Å²) >= 11 is 0. The highest BCUT2D eigenvalue weighted by Crippen LogP contribution is 2.44. The highest BCUT2D eigenvalue weighted by Gasteiger charge is 2.34. The summed E-state index contributed by atoms with van der Waals surface area (Å²) in [6.07, 6.45) is -1.98. The number of carboxylic acids is 1. The van der Waals surface area contributed by atoms with Crippen molar-refractivity contribution >= 4 is 18.0 Å². The zero-order valence-electron chi connectivity index (χ0n) is 14.2. The van der Waals surface area contributed by atoms with E-state index in [0.29, 0.717) is 0 Å². The van der Waals surface area contributed by atoms with E-state index in [1.165, 1.54) is 0 Å². The number of carbonyl (C=O) groups is 3. The summed E-state index contributed by atoms with van der Waals surface area (Å²) < 4.78 is 5.14. The Hall–Kier alpha value is -3.39. The van der Waals surface area contributed by atoms with Crippen LogP contribution in [0.4, 0.5) is 4.79 Å². The Morgan fingerprint density at radius 1 is 1.04 bits per heavy atom. The van der Waals surface area contributed by atoms with Crippen LogP contribution >= 0.6 is 0 Å². The third kappa shape index (κ3) is 3.61. The summed E-state index contributed by atoms with van der Waals surface area (Å²) in [6.45, 7) is -0.0904. The van der Waals surface area contributed by atoms with Gasteiger partial charge in [-0.25, -0.2) is 9.59 Å². The van der Waals surface area contributed by atoms with Crippen molar-refractivity contribution in [3.63, 3.8) is 0 Å². The molecule has 27 heavy (non-hydrogen) atoms. The molecule has 0 unspecified atom stereocenters. The molecule has 0 aliphatic heterocycles. The number of carboxylic acid groups (broad SMARTS) is 1. The average Bonchev–Trinajstić information content (AvgIpc) is 2.97. The van der Waals surface area contributed by atoms with Crippen LogP contribution in [-0.2, 0) is 14.3 Å². The lowest BCUT2D eigenvalue weighted by Gasteiger charge is -2.22. The number of amides is 2. The van der Waals surface area contributed by atoms with Gasteiger partial charge in [-0.1, -0.05) is 48.5 Å². The lowest BCUT2D eigenvalue weighted by atomic mass is 9.98. The lowest BCUT2D eigenvalue weighted by molar-refractivity contribution is -0.163. The largest absolute Gasteiger partial charge is 0.480 e. The van der Waals surface area contributed by atoms with Gasteiger partial charge in [0.2, 0.25) is 5.91 Å². The van der Waals surface area contributed by atoms with Crippen molar-refractivity contribution in [1.82, 2.24) is 5.06 Å². The molecule has 2 amide bonds. The van der Waals surface area contributed by atoms with Crippen molar-refractivity contribution < 1.29 is 29.4 Å². The van der Waals surface area contributed by atoms with Crippen molar-refractivity contribution in [3.8, 4) is 11.1 Å². The van der Waals surface area contributed by atoms with Gasteiger partial charge in [0.15, 0.2) is 6.04 Å². The summed E-state index contributed by atoms with van der Waals surface area (Å²) in [7, 11) is 0. The molecule has 0 heterocycles. The number of primary amides is 1. The van der Waals surface area contributed by atoms with Gasteiger partial charge in [0, 0.05) is 5.92 Å². The smallest absolute Gasteiger partial charge is 0.434 e. The third-order valence-electron chi connectivity index (χ3n) is 4.50. The Bertz CT molecular complexity index is 852. The Balaban J connectivity index is 1.75. The van der Waals surface area contributed by atoms with Gasteiger partial charge in [0.25, 0.3) is 0 Å². The first-order valence-corrected chi connectivity index (χ1v) is 8.24. The average molecular weight is 370 g/mol. The van der Waals surface area contributed by atoms with Crippen molar-refractivity contribution in [2.75, 3.05) is 6.61 Å². The second-order valence-corrected chi connectivity index (χ2v) is 6.17. The monoisotopic (exact) mass is 370 g/mol. The van der Waals surface area contributed by atoms with E-state index in [2.05, 4.69) is 0 Å². The van der Waals surface area contributed by atoms with E-state index >= 15 is 0 Å². The number of carbonyl (C=O) groups excluding carboxylic acids is 2. The van der Waals surface area contributed by atoms with E-state index in [1.54, 1.807) is 0 Å². The SMILES string of the molecule is NC(=O)C[C@@H](C(=O)O)N(O)C(=O)OCC1c2ccccc2-c2ccccc21. The fraction of sp³-hybridized carbons (Fsp3) is 0.211. The number of hydroxylamine groups is 2. The van der Waals surface area contributed by atoms with Gasteiger partial charge in [-0.3, -0.25) is 10.0 Å². The minimum atomic E-state index is -1.81. The maximum atomic E-state index is 12.1. The number of ether oxygens (including phenoxy) is 1. The van der Waals surface area contributed by atoms with Crippen LogP contribution in [-0.4, -0.2) is 46.0 Å². The number of benzene rings is 2. The molecule has 0 bridgehead atoms. The zero-order chi connectivity index (χ0) is 19.6. The number of nitrogens with zero attached hydrogens (tertiary/aromatic N) is 1. The Kier molecular flexibility index (Phi) is 5.09. The van der Waals surface area contributed by atoms with Crippen molar-refractivity contribution in [2.45, 2.75) is 18.4 Å². The third-order valence-corrected chi connectivity index (χ3v) is 4.50. The zero-order valence-corrected chi connectivity index (χ0v) is 14.2. The minimum Gasteiger partial charge on any atom is -0.480 e. The maximum absolute atomic E-state index is 12.1. The first kappa shape index (κ1) is 18.4. The Morgan fingerprint density at radius 3 is 2.04 bits per heavy atom. The summed E-state index contributed by atoms with van der Waals surface area (Å²) in [6, 6.07) is 13.6. The summed E-state index contributed by atoms with van der Waals surface area (Å²) in [4.78, 5) is 34.2. The molecule has 4 N–H and O–H groups in total. The minimum absolute atomic E-state index is 0.0904. The van der Waals surface area contributed by atoms with E-state index in [1.807, 2.05) is 48.5 Å². The first-order valence-electron chi connectivity index (χ1n) is 8.24. The molecule has 2 aromatic rings. The predicted octanol–water partition coefficient (Wildman–Crippen LogP) is 1.96. The number of nitrogens with two attached hydrogens (primary N) is 1. The van der Waals surface area contributed by atoms with Crippen LogP contribution in [0.25, 0.3) is 11.1 Å². The van der Waals surface area contributed by atoms with Crippen LogP contribution in [0.5, 0.6) is 0 Å². The second kappa shape index (κ2) is 7.46. The molecule has 0 saturated heterocycles. The van der Waals surface area contributed by atoms with E-state index in [4.69, 9.17) is 15.6 Å². The molecule has 3 rings (SSSR count). The number of hydrogen-bond donors (Lipinski definition) is 3. The van der Waals surface area contributed by atoms with E-state index in [-0.39, 0.29) is 17.6 Å². The topological polar surface area (TPSA) is 130 Å². The summed E-state index contributed by atoms with van der Waals surface area (Å²) in [5.74, 6) is -2.77. The van der Waals surface area contributed by atoms with Gasteiger partial charge in [-0.15, -0.1) is 0 Å². The second-order valence-electron chi connectivity index (χ2n) is 6.17. The molecule has 8 nitrogen and oxygen atoms in total. The van der Waals surface area contributed by atoms with E-state index < -0.39 is 30.4 Å². The van der Waals surface area contributed by atoms with Gasteiger partial charge < -0.3 is 15.6 Å². The van der Waals surface area contributed by atoms with Gasteiger partial charge in [-0.2, -0.15) is 5.06 Å². The molecular formula is C19H18N2O6. The van der Waals surface area contributed by atoms with Crippen LogP contribution in [0.3, 0.4) is 0 Å². The standard InChI is InChI=1S/C19H18N2O6/c20-17(22)9-16(18(23)24)21(26)19(25)27-10-15-13-7-3-1-5-11(13)12-6-2-4-8-14(12)15/h1-8,15-16,26H,9-10H2,(H2,20,22)(H,23,24)/t16-/m0/s1. The van der Waals surface area contributed by atoms with Gasteiger partial charge in [0.1, 0.15) is 6.61 Å². The first-order chi connectivity index (χ1) is 12.9. The number of rotatable bonds is 6. The van der Waals surface area contributed by atoms with Gasteiger partial charge in [0.05, 0.1) is 6.42 Å². The maximum Gasteiger partial charge on any atom is 0.434 e. The summed E-state index contributed by atoms with van der Waals surface area (Å²) in [5, 5.41) is 18.8. The van der Waals surface area contributed by atoms with Crippen molar-refractivity contribution in [2.24, 2.45) is 5.73 Å². The molecule has 2 aromatic carbocycles. The Morgan fingerprint density at radius 2 is 1.56 bits per heavy atom. The lowest BCUT2D eigenvalue weighted by Crippen LogP contribution is -2.45. The van der Waals surface area contributed by atoms with E-state index in [9.17, 15) is 19.6 Å². The van der Waals surface area contributed by atoms with Crippen LogP contribution in [0.15, 0.2) is 48.5 Å². The number of hydrogen-bond acceptors (Lipinski definition) is 5. The quantitative estimate of drug-likeness (QED) is 0.526. The molecule has 0 aromatic heterocycles. The molecule has 8 heteroatoms. The highest BCUT2D eigenvalue weighted by molar-refractivity contribution is 5.86. The summed E-state index contributed by atoms with van der Waals surface area (Å²) in [5.41, 5.74) is 8.98. The molecule has 0 spiro atoms. The Labute approximate surface area is 154 Å². The van der Waals surface area contributed by atoms with Crippen LogP contribution in [0, 0.1) is 0 Å². The fourth-order valence-electron chi connectivity index (χ4n) is 3.26. The van der Waals surface area contributed by atoms with Crippen LogP contribution in [0.2, 0.25) is 0 Å². The normalized spacial score (nSPS) is 13.4. The van der Waals surface area contributed by atoms with Gasteiger partial charge >= 0.3 is 12.1 Å².